The van der Waals surface area contributed by atoms with Crippen molar-refractivity contribution < 1.29 is 19.4 Å². The van der Waals surface area contributed by atoms with Crippen LogP contribution in [0.2, 0.25) is 0 Å². The first-order valence-electron chi connectivity index (χ1n) is 8.81. The van der Waals surface area contributed by atoms with Crippen molar-refractivity contribution in [1.82, 2.24) is 5.32 Å². The third-order valence-electron chi connectivity index (χ3n) is 5.08. The van der Waals surface area contributed by atoms with Crippen molar-refractivity contribution in [2.45, 2.75) is 37.6 Å². The van der Waals surface area contributed by atoms with E-state index in [2.05, 4.69) is 5.32 Å². The number of rotatable bonds is 6. The predicted molar refractivity (Wildman–Crippen MR) is 98.4 cm³/mol. The van der Waals surface area contributed by atoms with Gasteiger partial charge in [-0.3, -0.25) is 4.79 Å². The van der Waals surface area contributed by atoms with Crippen molar-refractivity contribution in [3.8, 4) is 5.75 Å². The second kappa shape index (κ2) is 7.60. The van der Waals surface area contributed by atoms with Crippen LogP contribution in [-0.2, 0) is 16.8 Å². The van der Waals surface area contributed by atoms with Gasteiger partial charge in [0, 0.05) is 0 Å². The minimum atomic E-state index is -1.01. The summed E-state index contributed by atoms with van der Waals surface area (Å²) < 4.78 is 5.22. The quantitative estimate of drug-likeness (QED) is 0.833. The van der Waals surface area contributed by atoms with E-state index in [0.717, 1.165) is 37.0 Å². The molecule has 5 nitrogen and oxygen atoms in total. The molecule has 0 unspecified atom stereocenters. The lowest BCUT2D eigenvalue weighted by molar-refractivity contribution is -0.122. The van der Waals surface area contributed by atoms with Gasteiger partial charge in [-0.1, -0.05) is 43.2 Å². The highest BCUT2D eigenvalue weighted by Gasteiger charge is 2.37. The molecule has 26 heavy (non-hydrogen) atoms. The van der Waals surface area contributed by atoms with E-state index in [0.29, 0.717) is 5.56 Å². The van der Waals surface area contributed by atoms with Gasteiger partial charge in [-0.2, -0.15) is 0 Å². The fourth-order valence-electron chi connectivity index (χ4n) is 3.74. The number of methoxy groups -OCH3 is 1. The molecular formula is C21H23NO4. The molecule has 3 rings (SSSR count). The Labute approximate surface area is 153 Å². The number of hydrogen-bond acceptors (Lipinski definition) is 3. The molecule has 0 aromatic heterocycles. The SMILES string of the molecule is COc1ccc(C2(NC(=O)Cc3ccccc3C(=O)O)CCCC2)cc1. The number of carbonyl (C=O) groups is 2. The standard InChI is InChI=1S/C21H23NO4/c1-26-17-10-8-16(9-11-17)21(12-4-5-13-21)22-19(23)14-15-6-2-3-7-18(15)20(24)25/h2-3,6-11H,4-5,12-14H2,1H3,(H,22,23)(H,24,25). The van der Waals surface area contributed by atoms with Gasteiger partial charge in [-0.05, 0) is 42.2 Å². The highest BCUT2D eigenvalue weighted by atomic mass is 16.5. The summed E-state index contributed by atoms with van der Waals surface area (Å²) in [5.41, 5.74) is 1.38. The highest BCUT2D eigenvalue weighted by Crippen LogP contribution is 2.39. The van der Waals surface area contributed by atoms with Crippen LogP contribution in [0, 0.1) is 0 Å². The van der Waals surface area contributed by atoms with Crippen molar-refractivity contribution in [2.75, 3.05) is 7.11 Å². The molecule has 2 N–H and O–H groups in total. The summed E-state index contributed by atoms with van der Waals surface area (Å²) in [7, 11) is 1.63. The molecule has 2 aromatic carbocycles. The molecule has 1 amide bonds. The second-order valence-electron chi connectivity index (χ2n) is 6.70. The molecule has 1 aliphatic carbocycles. The van der Waals surface area contributed by atoms with E-state index in [1.165, 1.54) is 6.07 Å². The minimum Gasteiger partial charge on any atom is -0.497 e. The van der Waals surface area contributed by atoms with Crippen LogP contribution in [-0.4, -0.2) is 24.1 Å². The van der Waals surface area contributed by atoms with Crippen LogP contribution >= 0.6 is 0 Å². The third-order valence-corrected chi connectivity index (χ3v) is 5.08. The van der Waals surface area contributed by atoms with Gasteiger partial charge < -0.3 is 15.2 Å². The average molecular weight is 353 g/mol. The number of ether oxygens (including phenoxy) is 1. The van der Waals surface area contributed by atoms with Crippen LogP contribution in [0.1, 0.15) is 47.2 Å². The van der Waals surface area contributed by atoms with Crippen molar-refractivity contribution >= 4 is 11.9 Å². The van der Waals surface area contributed by atoms with Gasteiger partial charge in [0.05, 0.1) is 24.6 Å². The number of carboxylic acids is 1. The molecule has 0 saturated heterocycles. The maximum atomic E-state index is 12.7. The molecule has 0 heterocycles. The maximum absolute atomic E-state index is 12.7. The lowest BCUT2D eigenvalue weighted by Crippen LogP contribution is -2.44. The summed E-state index contributed by atoms with van der Waals surface area (Å²) in [6.07, 6.45) is 3.92. The number of aromatic carboxylic acids is 1. The smallest absolute Gasteiger partial charge is 0.335 e. The Morgan fingerprint density at radius 2 is 1.73 bits per heavy atom. The predicted octanol–water partition coefficient (Wildman–Crippen LogP) is 3.52. The summed E-state index contributed by atoms with van der Waals surface area (Å²) in [4.78, 5) is 24.1. The van der Waals surface area contributed by atoms with Gasteiger partial charge in [0.15, 0.2) is 0 Å². The Hall–Kier alpha value is -2.82. The Balaban J connectivity index is 1.80. The third kappa shape index (κ3) is 3.72. The number of amides is 1. The fraction of sp³-hybridized carbons (Fsp3) is 0.333. The van der Waals surface area contributed by atoms with Gasteiger partial charge in [-0.25, -0.2) is 4.79 Å². The Morgan fingerprint density at radius 3 is 2.35 bits per heavy atom. The van der Waals surface area contributed by atoms with Gasteiger partial charge in [0.2, 0.25) is 5.91 Å². The van der Waals surface area contributed by atoms with E-state index in [1.807, 2.05) is 24.3 Å². The van der Waals surface area contributed by atoms with Gasteiger partial charge in [0.25, 0.3) is 0 Å². The number of carboxylic acid groups (broad SMARTS) is 1. The maximum Gasteiger partial charge on any atom is 0.335 e. The molecule has 1 aliphatic rings. The highest BCUT2D eigenvalue weighted by molar-refractivity contribution is 5.91. The summed E-state index contributed by atoms with van der Waals surface area (Å²) in [5.74, 6) is -0.390. The van der Waals surface area contributed by atoms with Crippen LogP contribution in [0.3, 0.4) is 0 Å². The Morgan fingerprint density at radius 1 is 1.08 bits per heavy atom. The molecule has 0 radical (unpaired) electrons. The molecule has 0 bridgehead atoms. The van der Waals surface area contributed by atoms with Crippen LogP contribution < -0.4 is 10.1 Å². The number of benzene rings is 2. The van der Waals surface area contributed by atoms with Crippen LogP contribution in [0.15, 0.2) is 48.5 Å². The summed E-state index contributed by atoms with van der Waals surface area (Å²) in [5, 5.41) is 12.5. The van der Waals surface area contributed by atoms with Crippen molar-refractivity contribution in [3.63, 3.8) is 0 Å². The molecule has 0 atom stereocenters. The van der Waals surface area contributed by atoms with Crippen molar-refractivity contribution in [3.05, 3.63) is 65.2 Å². The van der Waals surface area contributed by atoms with E-state index in [1.54, 1.807) is 25.3 Å². The first-order valence-corrected chi connectivity index (χ1v) is 8.81. The topological polar surface area (TPSA) is 75.6 Å². The van der Waals surface area contributed by atoms with E-state index in [4.69, 9.17) is 4.74 Å². The van der Waals surface area contributed by atoms with Crippen molar-refractivity contribution in [1.29, 1.82) is 0 Å². The fourth-order valence-corrected chi connectivity index (χ4v) is 3.74. The lowest BCUT2D eigenvalue weighted by atomic mass is 9.87. The normalized spacial score (nSPS) is 15.4. The number of nitrogens with one attached hydrogen (secondary N) is 1. The molecule has 5 heteroatoms. The van der Waals surface area contributed by atoms with E-state index < -0.39 is 5.97 Å². The van der Waals surface area contributed by atoms with Crippen LogP contribution in [0.4, 0.5) is 0 Å². The number of hydrogen-bond donors (Lipinski definition) is 2. The van der Waals surface area contributed by atoms with E-state index >= 15 is 0 Å². The zero-order valence-electron chi connectivity index (χ0n) is 14.8. The van der Waals surface area contributed by atoms with Crippen LogP contribution in [0.5, 0.6) is 5.75 Å². The monoisotopic (exact) mass is 353 g/mol. The first-order chi connectivity index (χ1) is 12.5. The summed E-state index contributed by atoms with van der Waals surface area (Å²) >= 11 is 0. The van der Waals surface area contributed by atoms with Gasteiger partial charge >= 0.3 is 5.97 Å². The molecular weight excluding hydrogens is 330 g/mol. The molecule has 2 aromatic rings. The van der Waals surface area contributed by atoms with Crippen molar-refractivity contribution in [2.24, 2.45) is 0 Å². The Kier molecular flexibility index (Phi) is 5.26. The molecule has 0 spiro atoms. The summed E-state index contributed by atoms with van der Waals surface area (Å²) in [6.45, 7) is 0. The molecule has 1 fully saturated rings. The zero-order chi connectivity index (χ0) is 18.6. The molecule has 136 valence electrons. The second-order valence-corrected chi connectivity index (χ2v) is 6.70. The molecule has 1 saturated carbocycles. The molecule has 0 aliphatic heterocycles. The lowest BCUT2D eigenvalue weighted by Gasteiger charge is -2.31. The Bertz CT molecular complexity index is 792. The number of carbonyl (C=O) groups excluding carboxylic acids is 1. The van der Waals surface area contributed by atoms with Crippen LogP contribution in [0.25, 0.3) is 0 Å². The zero-order valence-corrected chi connectivity index (χ0v) is 14.8. The first kappa shape index (κ1) is 18.0. The van der Waals surface area contributed by atoms with E-state index in [-0.39, 0.29) is 23.4 Å². The summed E-state index contributed by atoms with van der Waals surface area (Å²) in [6, 6.07) is 14.4. The average Bonchev–Trinajstić information content (AvgIpc) is 3.11. The largest absolute Gasteiger partial charge is 0.497 e. The van der Waals surface area contributed by atoms with Gasteiger partial charge in [-0.15, -0.1) is 0 Å². The van der Waals surface area contributed by atoms with E-state index in [9.17, 15) is 14.7 Å². The van der Waals surface area contributed by atoms with Gasteiger partial charge in [0.1, 0.15) is 5.75 Å². The minimum absolute atomic E-state index is 0.0559.